The number of fused-ring (bicyclic) bond motifs is 1. The minimum Gasteiger partial charge on any atom is -0.335 e. The van der Waals surface area contributed by atoms with Gasteiger partial charge in [0.15, 0.2) is 0 Å². The average Bonchev–Trinajstić information content (AvgIpc) is 2.55. The van der Waals surface area contributed by atoms with Crippen molar-refractivity contribution in [1.29, 1.82) is 0 Å². The highest BCUT2D eigenvalue weighted by atomic mass is 15.1. The van der Waals surface area contributed by atoms with Gasteiger partial charge in [-0.25, -0.2) is 4.98 Å². The third kappa shape index (κ3) is 1.80. The maximum atomic E-state index is 4.50. The summed E-state index contributed by atoms with van der Waals surface area (Å²) in [6, 6.07) is 0. The van der Waals surface area contributed by atoms with Crippen LogP contribution in [-0.2, 0) is 13.0 Å². The Morgan fingerprint density at radius 1 is 1.45 bits per heavy atom. The van der Waals surface area contributed by atoms with Gasteiger partial charge in [-0.1, -0.05) is 0 Å². The molecule has 3 nitrogen and oxygen atoms in total. The first-order chi connectivity index (χ1) is 5.47. The Bertz CT molecular complexity index is 184. The van der Waals surface area contributed by atoms with Gasteiger partial charge >= 0.3 is 0 Å². The summed E-state index contributed by atoms with van der Waals surface area (Å²) < 4.78 is 2.24. The summed E-state index contributed by atoms with van der Waals surface area (Å²) in [6.45, 7) is 1.18. The maximum Gasteiger partial charge on any atom is 0.108 e. The van der Waals surface area contributed by atoms with Crippen molar-refractivity contribution in [2.75, 3.05) is 7.05 Å². The van der Waals surface area contributed by atoms with Crippen molar-refractivity contribution in [3.05, 3.63) is 18.2 Å². The molecular weight excluding hydrogens is 138 g/mol. The van der Waals surface area contributed by atoms with Gasteiger partial charge in [0.1, 0.15) is 5.82 Å². The van der Waals surface area contributed by atoms with Crippen LogP contribution in [0.1, 0.15) is 18.7 Å². The Morgan fingerprint density at radius 3 is 3.00 bits per heavy atom. The zero-order valence-corrected chi connectivity index (χ0v) is 6.95. The van der Waals surface area contributed by atoms with Crippen LogP contribution >= 0.6 is 0 Å². The molecule has 0 fully saturated rings. The van der Waals surface area contributed by atoms with Crippen molar-refractivity contribution >= 4 is 0 Å². The summed E-state index contributed by atoms with van der Waals surface area (Å²) in [5.74, 6) is 1.27. The number of hydrogen-bond donors (Lipinski definition) is 1. The smallest absolute Gasteiger partial charge is 0.108 e. The molecule has 0 saturated carbocycles. The van der Waals surface area contributed by atoms with Crippen LogP contribution < -0.4 is 5.73 Å². The molecule has 0 spiro atoms. The van der Waals surface area contributed by atoms with Crippen LogP contribution in [-0.4, -0.2) is 16.6 Å². The van der Waals surface area contributed by atoms with E-state index in [0.717, 1.165) is 0 Å². The minimum absolute atomic E-state index is 1.17. The van der Waals surface area contributed by atoms with Gasteiger partial charge in [0.05, 0.1) is 0 Å². The van der Waals surface area contributed by atoms with Gasteiger partial charge in [-0.2, -0.15) is 0 Å². The van der Waals surface area contributed by atoms with Crippen molar-refractivity contribution in [1.82, 2.24) is 9.55 Å². The van der Waals surface area contributed by atoms with Crippen LogP contribution in [0.4, 0.5) is 0 Å². The molecule has 0 aromatic carbocycles. The van der Waals surface area contributed by atoms with Crippen molar-refractivity contribution in [2.45, 2.75) is 25.8 Å². The van der Waals surface area contributed by atoms with E-state index in [1.165, 1.54) is 38.7 Å². The van der Waals surface area contributed by atoms with E-state index in [-0.39, 0.29) is 0 Å². The standard InChI is InChI=1S/C7H10N2.CH5N/c1-2-5-9-6-4-8-7(9)3-1;1-2/h4,6H,1-3,5H2;2H2,1H3. The number of aromatic nitrogens is 2. The molecule has 0 unspecified atom stereocenters. The van der Waals surface area contributed by atoms with E-state index < -0.39 is 0 Å². The first-order valence-electron chi connectivity index (χ1n) is 4.04. The fourth-order valence-electron chi connectivity index (χ4n) is 1.34. The molecule has 0 amide bonds. The Kier molecular flexibility index (Phi) is 3.11. The molecule has 3 heteroatoms. The Labute approximate surface area is 67.2 Å². The van der Waals surface area contributed by atoms with Crippen molar-refractivity contribution < 1.29 is 0 Å². The topological polar surface area (TPSA) is 43.8 Å². The van der Waals surface area contributed by atoms with E-state index in [4.69, 9.17) is 0 Å². The second-order valence-electron chi connectivity index (χ2n) is 2.49. The maximum absolute atomic E-state index is 4.50. The molecule has 1 aromatic rings. The van der Waals surface area contributed by atoms with Gasteiger partial charge < -0.3 is 10.3 Å². The molecule has 2 N–H and O–H groups in total. The molecule has 1 aliphatic heterocycles. The highest BCUT2D eigenvalue weighted by molar-refractivity contribution is 4.94. The van der Waals surface area contributed by atoms with Crippen molar-refractivity contribution in [2.24, 2.45) is 5.73 Å². The number of hydrogen-bond acceptors (Lipinski definition) is 2. The predicted octanol–water partition coefficient (Wildman–Crippen LogP) is 0.794. The molecule has 0 bridgehead atoms. The molecule has 2 heterocycles. The lowest BCUT2D eigenvalue weighted by molar-refractivity contribution is 0.522. The van der Waals surface area contributed by atoms with E-state index in [2.05, 4.69) is 21.5 Å². The molecule has 0 aliphatic carbocycles. The summed E-state index contributed by atoms with van der Waals surface area (Å²) in [5, 5.41) is 0. The summed E-state index contributed by atoms with van der Waals surface area (Å²) in [5.41, 5.74) is 4.50. The monoisotopic (exact) mass is 153 g/mol. The van der Waals surface area contributed by atoms with E-state index >= 15 is 0 Å². The van der Waals surface area contributed by atoms with Crippen LogP contribution in [0.15, 0.2) is 12.4 Å². The second kappa shape index (κ2) is 4.13. The Balaban J connectivity index is 0.000000281. The SMILES string of the molecule is CN.c1cn2c(n1)CCCC2. The zero-order chi connectivity index (χ0) is 8.10. The molecular formula is C8H15N3. The summed E-state index contributed by atoms with van der Waals surface area (Å²) in [6.07, 6.45) is 7.77. The normalized spacial score (nSPS) is 14.7. The fourth-order valence-corrected chi connectivity index (χ4v) is 1.34. The molecule has 62 valence electrons. The van der Waals surface area contributed by atoms with E-state index in [9.17, 15) is 0 Å². The van der Waals surface area contributed by atoms with Crippen LogP contribution in [0.25, 0.3) is 0 Å². The highest BCUT2D eigenvalue weighted by Crippen LogP contribution is 2.10. The molecule has 1 aromatic heterocycles. The Hall–Kier alpha value is -0.830. The van der Waals surface area contributed by atoms with Gasteiger partial charge in [-0.3, -0.25) is 0 Å². The van der Waals surface area contributed by atoms with Crippen LogP contribution in [0.3, 0.4) is 0 Å². The molecule has 0 atom stereocenters. The number of imidazole rings is 1. The summed E-state index contributed by atoms with van der Waals surface area (Å²) in [7, 11) is 1.50. The zero-order valence-electron chi connectivity index (χ0n) is 6.95. The predicted molar refractivity (Wildman–Crippen MR) is 45.3 cm³/mol. The number of aryl methyl sites for hydroxylation is 2. The van der Waals surface area contributed by atoms with Crippen molar-refractivity contribution in [3.8, 4) is 0 Å². The van der Waals surface area contributed by atoms with E-state index in [1.807, 2.05) is 6.20 Å². The quantitative estimate of drug-likeness (QED) is 0.599. The lowest BCUT2D eigenvalue weighted by Gasteiger charge is -2.11. The second-order valence-corrected chi connectivity index (χ2v) is 2.49. The third-order valence-corrected chi connectivity index (χ3v) is 1.85. The van der Waals surface area contributed by atoms with E-state index in [0.29, 0.717) is 0 Å². The lowest BCUT2D eigenvalue weighted by atomic mass is 10.2. The lowest BCUT2D eigenvalue weighted by Crippen LogP contribution is -2.08. The van der Waals surface area contributed by atoms with Gasteiger partial charge in [0.25, 0.3) is 0 Å². The first kappa shape index (κ1) is 8.27. The fraction of sp³-hybridized carbons (Fsp3) is 0.625. The summed E-state index contributed by atoms with van der Waals surface area (Å²) >= 11 is 0. The number of rotatable bonds is 0. The molecule has 11 heavy (non-hydrogen) atoms. The average molecular weight is 153 g/mol. The third-order valence-electron chi connectivity index (χ3n) is 1.85. The minimum atomic E-state index is 1.17. The van der Waals surface area contributed by atoms with Crippen LogP contribution in [0, 0.1) is 0 Å². The molecule has 0 radical (unpaired) electrons. The van der Waals surface area contributed by atoms with Crippen LogP contribution in [0.2, 0.25) is 0 Å². The van der Waals surface area contributed by atoms with Crippen molar-refractivity contribution in [3.63, 3.8) is 0 Å². The molecule has 2 rings (SSSR count). The largest absolute Gasteiger partial charge is 0.335 e. The van der Waals surface area contributed by atoms with Crippen LogP contribution in [0.5, 0.6) is 0 Å². The summed E-state index contributed by atoms with van der Waals surface area (Å²) in [4.78, 5) is 4.22. The van der Waals surface area contributed by atoms with Gasteiger partial charge in [-0.05, 0) is 19.9 Å². The van der Waals surface area contributed by atoms with Gasteiger partial charge in [0, 0.05) is 25.4 Å². The van der Waals surface area contributed by atoms with E-state index in [1.54, 1.807) is 0 Å². The first-order valence-corrected chi connectivity index (χ1v) is 4.04. The molecule has 0 saturated heterocycles. The molecule has 1 aliphatic rings. The Morgan fingerprint density at radius 2 is 2.27 bits per heavy atom. The highest BCUT2D eigenvalue weighted by Gasteiger charge is 2.06. The number of nitrogens with two attached hydrogens (primary N) is 1. The van der Waals surface area contributed by atoms with Gasteiger partial charge in [-0.15, -0.1) is 0 Å². The number of nitrogens with zero attached hydrogens (tertiary/aromatic N) is 2. The van der Waals surface area contributed by atoms with Gasteiger partial charge in [0.2, 0.25) is 0 Å².